The molecule has 0 amide bonds. The Morgan fingerprint density at radius 3 is 2.61 bits per heavy atom. The molecule has 0 unspecified atom stereocenters. The Labute approximate surface area is 186 Å². The maximum atomic E-state index is 13.7. The van der Waals surface area contributed by atoms with Crippen molar-refractivity contribution >= 4 is 11.9 Å². The molecule has 1 heterocycles. The van der Waals surface area contributed by atoms with Crippen molar-refractivity contribution < 1.29 is 9.90 Å². The topological polar surface area (TPSA) is 55.1 Å². The molecular formula is C27H38N2O2. The van der Waals surface area contributed by atoms with Crippen LogP contribution in [-0.4, -0.2) is 26.8 Å². The van der Waals surface area contributed by atoms with E-state index in [0.717, 1.165) is 74.0 Å². The van der Waals surface area contributed by atoms with Crippen LogP contribution < -0.4 is 0 Å². The first-order valence-corrected chi connectivity index (χ1v) is 12.4. The minimum absolute atomic E-state index is 0.164. The quantitative estimate of drug-likeness (QED) is 0.512. The van der Waals surface area contributed by atoms with E-state index in [1.807, 2.05) is 4.68 Å². The summed E-state index contributed by atoms with van der Waals surface area (Å²) in [6.07, 6.45) is 11.5. The van der Waals surface area contributed by atoms with Crippen molar-refractivity contribution in [2.45, 2.75) is 92.2 Å². The van der Waals surface area contributed by atoms with Gasteiger partial charge in [-0.3, -0.25) is 9.48 Å². The number of carbonyl (C=O) groups is 1. The molecule has 3 fully saturated rings. The number of hydrogen-bond donors (Lipinski definition) is 1. The summed E-state index contributed by atoms with van der Waals surface area (Å²) in [7, 11) is 0. The van der Waals surface area contributed by atoms with Gasteiger partial charge in [-0.05, 0) is 101 Å². The molecule has 5 rings (SSSR count). The molecule has 31 heavy (non-hydrogen) atoms. The SMILES string of the molecule is CCn1nc(C)c(/C=C2\C[C@@H]3[C@H]4CC=C5C[C@H](O)CC[C@]5(C)[C@@H]4CC[C@]3(C)C2=O)c1C. The highest BCUT2D eigenvalue weighted by atomic mass is 16.3. The number of aryl methyl sites for hydroxylation is 2. The summed E-state index contributed by atoms with van der Waals surface area (Å²) in [5, 5.41) is 14.9. The van der Waals surface area contributed by atoms with E-state index in [2.05, 4.69) is 51.9 Å². The summed E-state index contributed by atoms with van der Waals surface area (Å²) >= 11 is 0. The van der Waals surface area contributed by atoms with E-state index in [0.29, 0.717) is 23.5 Å². The molecule has 4 aliphatic rings. The first-order valence-electron chi connectivity index (χ1n) is 12.4. The van der Waals surface area contributed by atoms with Gasteiger partial charge in [-0.15, -0.1) is 0 Å². The number of allylic oxidation sites excluding steroid dienone is 2. The number of ketones is 1. The van der Waals surface area contributed by atoms with Crippen LogP contribution in [0.15, 0.2) is 17.2 Å². The fourth-order valence-electron chi connectivity index (χ4n) is 7.84. The van der Waals surface area contributed by atoms with E-state index in [-0.39, 0.29) is 16.9 Å². The summed E-state index contributed by atoms with van der Waals surface area (Å²) in [5.41, 5.74) is 5.85. The Morgan fingerprint density at radius 1 is 1.16 bits per heavy atom. The van der Waals surface area contributed by atoms with Gasteiger partial charge in [-0.2, -0.15) is 5.10 Å². The molecule has 0 spiro atoms. The standard InChI is InChI=1S/C27H38N2O2/c1-6-29-17(3)22(16(2)28-29)13-18-14-24-21-8-7-19-15-20(30)9-11-26(19,4)23(21)10-12-27(24,5)25(18)31/h7,13,20-21,23-24,30H,6,8-12,14-15H2,1-5H3/b18-13+/t20-,21+,23-,24-,26+,27+/m1/s1. The maximum Gasteiger partial charge on any atom is 0.165 e. The summed E-state index contributed by atoms with van der Waals surface area (Å²) in [6, 6.07) is 0. The van der Waals surface area contributed by atoms with Crippen molar-refractivity contribution in [1.82, 2.24) is 9.78 Å². The molecule has 4 nitrogen and oxygen atoms in total. The van der Waals surface area contributed by atoms with Gasteiger partial charge in [0, 0.05) is 23.2 Å². The van der Waals surface area contributed by atoms with E-state index < -0.39 is 0 Å². The summed E-state index contributed by atoms with van der Waals surface area (Å²) in [4.78, 5) is 13.7. The number of rotatable bonds is 2. The van der Waals surface area contributed by atoms with Gasteiger partial charge >= 0.3 is 0 Å². The van der Waals surface area contributed by atoms with Crippen molar-refractivity contribution in [2.75, 3.05) is 0 Å². The lowest BCUT2D eigenvalue weighted by molar-refractivity contribution is -0.130. The largest absolute Gasteiger partial charge is 0.393 e. The Bertz CT molecular complexity index is 986. The number of aliphatic hydroxyl groups is 1. The molecule has 0 radical (unpaired) electrons. The van der Waals surface area contributed by atoms with Gasteiger partial charge in [-0.1, -0.05) is 25.5 Å². The number of hydrogen-bond acceptors (Lipinski definition) is 3. The minimum atomic E-state index is -0.217. The van der Waals surface area contributed by atoms with Crippen LogP contribution in [0.3, 0.4) is 0 Å². The molecule has 4 heteroatoms. The normalized spacial score (nSPS) is 41.0. The average molecular weight is 423 g/mol. The fraction of sp³-hybridized carbons (Fsp3) is 0.704. The van der Waals surface area contributed by atoms with Crippen molar-refractivity contribution in [1.29, 1.82) is 0 Å². The highest BCUT2D eigenvalue weighted by Gasteiger charge is 2.59. The van der Waals surface area contributed by atoms with Crippen molar-refractivity contribution in [3.05, 3.63) is 34.2 Å². The van der Waals surface area contributed by atoms with Crippen LogP contribution in [-0.2, 0) is 11.3 Å². The van der Waals surface area contributed by atoms with E-state index >= 15 is 0 Å². The summed E-state index contributed by atoms with van der Waals surface area (Å²) in [5.74, 6) is 2.06. The third kappa shape index (κ3) is 2.97. The molecule has 0 bridgehead atoms. The van der Waals surface area contributed by atoms with Crippen molar-refractivity contribution in [3.8, 4) is 0 Å². The number of Topliss-reactive ketones (excluding diaryl/α,β-unsaturated/α-hetero) is 1. The van der Waals surface area contributed by atoms with E-state index in [1.54, 1.807) is 0 Å². The van der Waals surface area contributed by atoms with E-state index in [1.165, 1.54) is 5.57 Å². The molecule has 1 aromatic heterocycles. The van der Waals surface area contributed by atoms with Gasteiger partial charge in [0.05, 0.1) is 11.8 Å². The molecule has 3 saturated carbocycles. The highest BCUT2D eigenvalue weighted by Crippen LogP contribution is 2.64. The van der Waals surface area contributed by atoms with E-state index in [4.69, 9.17) is 0 Å². The molecule has 0 saturated heterocycles. The Morgan fingerprint density at radius 2 is 1.90 bits per heavy atom. The number of fused-ring (bicyclic) bond motifs is 5. The van der Waals surface area contributed by atoms with Crippen LogP contribution in [0.1, 0.15) is 82.7 Å². The molecule has 4 aliphatic carbocycles. The van der Waals surface area contributed by atoms with Gasteiger partial charge in [0.15, 0.2) is 5.78 Å². The summed E-state index contributed by atoms with van der Waals surface area (Å²) < 4.78 is 2.04. The predicted octanol–water partition coefficient (Wildman–Crippen LogP) is 5.41. The van der Waals surface area contributed by atoms with Gasteiger partial charge < -0.3 is 5.11 Å². The van der Waals surface area contributed by atoms with Gasteiger partial charge in [0.2, 0.25) is 0 Å². The highest BCUT2D eigenvalue weighted by molar-refractivity contribution is 6.06. The first kappa shape index (κ1) is 21.2. The smallest absolute Gasteiger partial charge is 0.165 e. The lowest BCUT2D eigenvalue weighted by Crippen LogP contribution is -2.50. The third-order valence-corrected chi connectivity index (χ3v) is 9.77. The second-order valence-corrected chi connectivity index (χ2v) is 11.2. The monoisotopic (exact) mass is 422 g/mol. The maximum absolute atomic E-state index is 13.7. The number of aromatic nitrogens is 2. The van der Waals surface area contributed by atoms with Crippen molar-refractivity contribution in [3.63, 3.8) is 0 Å². The Hall–Kier alpha value is -1.68. The zero-order valence-corrected chi connectivity index (χ0v) is 19.9. The van der Waals surface area contributed by atoms with Crippen LogP contribution in [0.25, 0.3) is 6.08 Å². The summed E-state index contributed by atoms with van der Waals surface area (Å²) in [6.45, 7) is 11.8. The molecular weight excluding hydrogens is 384 g/mol. The van der Waals surface area contributed by atoms with Crippen LogP contribution in [0, 0.1) is 42.4 Å². The number of aliphatic hydroxyl groups excluding tert-OH is 1. The van der Waals surface area contributed by atoms with Crippen LogP contribution in [0.4, 0.5) is 0 Å². The molecule has 168 valence electrons. The molecule has 0 aromatic carbocycles. The van der Waals surface area contributed by atoms with Crippen LogP contribution in [0.2, 0.25) is 0 Å². The third-order valence-electron chi connectivity index (χ3n) is 9.77. The second kappa shape index (κ2) is 7.16. The van der Waals surface area contributed by atoms with Crippen molar-refractivity contribution in [2.24, 2.45) is 28.6 Å². The fourth-order valence-corrected chi connectivity index (χ4v) is 7.84. The lowest BCUT2D eigenvalue weighted by atomic mass is 9.48. The number of nitrogens with zero attached hydrogens (tertiary/aromatic N) is 2. The van der Waals surface area contributed by atoms with Gasteiger partial charge in [-0.25, -0.2) is 0 Å². The molecule has 1 N–H and O–H groups in total. The number of carbonyl (C=O) groups excluding carboxylic acids is 1. The zero-order chi connectivity index (χ0) is 22.1. The minimum Gasteiger partial charge on any atom is -0.393 e. The van der Waals surface area contributed by atoms with Gasteiger partial charge in [0.25, 0.3) is 0 Å². The Kier molecular flexibility index (Phi) is 4.89. The molecule has 0 aliphatic heterocycles. The second-order valence-electron chi connectivity index (χ2n) is 11.2. The first-order chi connectivity index (χ1) is 14.7. The van der Waals surface area contributed by atoms with Crippen LogP contribution >= 0.6 is 0 Å². The molecule has 1 aromatic rings. The van der Waals surface area contributed by atoms with Crippen LogP contribution in [0.5, 0.6) is 0 Å². The Balaban J connectivity index is 1.49. The average Bonchev–Trinajstić information content (AvgIpc) is 3.16. The zero-order valence-electron chi connectivity index (χ0n) is 19.9. The predicted molar refractivity (Wildman–Crippen MR) is 123 cm³/mol. The van der Waals surface area contributed by atoms with E-state index in [9.17, 15) is 9.90 Å². The lowest BCUT2D eigenvalue weighted by Gasteiger charge is -2.56. The molecule has 6 atom stereocenters. The van der Waals surface area contributed by atoms with Gasteiger partial charge in [0.1, 0.15) is 0 Å².